The molecule has 1 aromatic heterocycles. The first kappa shape index (κ1) is 27.9. The van der Waals surface area contributed by atoms with Crippen molar-refractivity contribution < 1.29 is 9.53 Å². The molecule has 3 heteroatoms. The fourth-order valence-corrected chi connectivity index (χ4v) is 9.79. The SMILES string of the molecule is CC(C)CCC[C@@H](C)[C@H]1CC[C@H]2[C@@H]3CC=C4C[C@@H](OC(=O)CCc5ccncc5)CC[C@]4(C)C3CC[C@]12C. The molecule has 0 bridgehead atoms. The van der Waals surface area contributed by atoms with Gasteiger partial charge in [-0.2, -0.15) is 0 Å². The lowest BCUT2D eigenvalue weighted by molar-refractivity contribution is -0.151. The molecule has 0 spiro atoms. The zero-order valence-electron chi connectivity index (χ0n) is 24.9. The summed E-state index contributed by atoms with van der Waals surface area (Å²) in [6.45, 7) is 12.6. The quantitative estimate of drug-likeness (QED) is 0.241. The first-order valence-corrected chi connectivity index (χ1v) is 16.0. The van der Waals surface area contributed by atoms with Crippen molar-refractivity contribution in [1.29, 1.82) is 0 Å². The smallest absolute Gasteiger partial charge is 0.306 e. The van der Waals surface area contributed by atoms with E-state index in [0.717, 1.165) is 60.3 Å². The van der Waals surface area contributed by atoms with Gasteiger partial charge in [-0.05, 0) is 115 Å². The van der Waals surface area contributed by atoms with E-state index in [9.17, 15) is 4.79 Å². The Labute approximate surface area is 232 Å². The fourth-order valence-electron chi connectivity index (χ4n) is 9.79. The van der Waals surface area contributed by atoms with Gasteiger partial charge in [0.25, 0.3) is 0 Å². The van der Waals surface area contributed by atoms with E-state index in [4.69, 9.17) is 4.74 Å². The number of hydrogen-bond acceptors (Lipinski definition) is 3. The van der Waals surface area contributed by atoms with E-state index >= 15 is 0 Å². The van der Waals surface area contributed by atoms with Gasteiger partial charge in [-0.1, -0.05) is 65.5 Å². The van der Waals surface area contributed by atoms with Crippen LogP contribution in [-0.2, 0) is 16.0 Å². The number of fused-ring (bicyclic) bond motifs is 5. The Morgan fingerprint density at radius 1 is 1.03 bits per heavy atom. The van der Waals surface area contributed by atoms with Crippen LogP contribution < -0.4 is 0 Å². The minimum atomic E-state index is -0.0438. The second-order valence-corrected chi connectivity index (χ2v) is 14.5. The summed E-state index contributed by atoms with van der Waals surface area (Å²) in [5, 5.41) is 0. The van der Waals surface area contributed by atoms with Crippen LogP contribution in [0.1, 0.15) is 117 Å². The minimum Gasteiger partial charge on any atom is -0.462 e. The van der Waals surface area contributed by atoms with Crippen LogP contribution in [0.2, 0.25) is 0 Å². The monoisotopic (exact) mass is 519 g/mol. The lowest BCUT2D eigenvalue weighted by Crippen LogP contribution is -2.51. The maximum Gasteiger partial charge on any atom is 0.306 e. The van der Waals surface area contributed by atoms with Crippen LogP contribution in [0.3, 0.4) is 0 Å². The van der Waals surface area contributed by atoms with E-state index in [2.05, 4.69) is 45.7 Å². The van der Waals surface area contributed by atoms with Gasteiger partial charge < -0.3 is 4.74 Å². The number of esters is 1. The second-order valence-electron chi connectivity index (χ2n) is 14.5. The zero-order chi connectivity index (χ0) is 26.9. The topological polar surface area (TPSA) is 39.2 Å². The van der Waals surface area contributed by atoms with Gasteiger partial charge >= 0.3 is 5.97 Å². The number of nitrogens with zero attached hydrogens (tertiary/aromatic N) is 1. The van der Waals surface area contributed by atoms with Crippen molar-refractivity contribution in [1.82, 2.24) is 4.98 Å². The largest absolute Gasteiger partial charge is 0.462 e. The average Bonchev–Trinajstić information content (AvgIpc) is 3.25. The summed E-state index contributed by atoms with van der Waals surface area (Å²) in [5.41, 5.74) is 3.61. The molecule has 0 N–H and O–H groups in total. The minimum absolute atomic E-state index is 0.0438. The molecule has 3 nitrogen and oxygen atoms in total. The average molecular weight is 520 g/mol. The summed E-state index contributed by atoms with van der Waals surface area (Å²) >= 11 is 0. The molecule has 0 aromatic carbocycles. The number of carbonyl (C=O) groups is 1. The normalized spacial score (nSPS) is 37.1. The lowest BCUT2D eigenvalue weighted by Gasteiger charge is -2.58. The zero-order valence-corrected chi connectivity index (χ0v) is 24.9. The summed E-state index contributed by atoms with van der Waals surface area (Å²) in [4.78, 5) is 16.7. The molecule has 4 aliphatic rings. The van der Waals surface area contributed by atoms with Crippen LogP contribution >= 0.6 is 0 Å². The van der Waals surface area contributed by atoms with Gasteiger partial charge in [0.2, 0.25) is 0 Å². The van der Waals surface area contributed by atoms with Gasteiger partial charge in [-0.3, -0.25) is 9.78 Å². The van der Waals surface area contributed by atoms with Gasteiger partial charge in [-0.25, -0.2) is 0 Å². The molecule has 0 aliphatic heterocycles. The van der Waals surface area contributed by atoms with Crippen molar-refractivity contribution in [2.24, 2.45) is 46.3 Å². The van der Waals surface area contributed by atoms with Crippen LogP contribution in [0.5, 0.6) is 0 Å². The Morgan fingerprint density at radius 2 is 1.82 bits per heavy atom. The van der Waals surface area contributed by atoms with Gasteiger partial charge in [0.1, 0.15) is 6.10 Å². The molecule has 0 radical (unpaired) electrons. The lowest BCUT2D eigenvalue weighted by atomic mass is 9.47. The molecule has 38 heavy (non-hydrogen) atoms. The molecule has 210 valence electrons. The highest BCUT2D eigenvalue weighted by Gasteiger charge is 2.59. The predicted molar refractivity (Wildman–Crippen MR) is 155 cm³/mol. The predicted octanol–water partition coefficient (Wildman–Crippen LogP) is 8.97. The summed E-state index contributed by atoms with van der Waals surface area (Å²) < 4.78 is 6.02. The van der Waals surface area contributed by atoms with Crippen LogP contribution in [0, 0.1) is 46.3 Å². The van der Waals surface area contributed by atoms with Crippen molar-refractivity contribution >= 4 is 5.97 Å². The van der Waals surface area contributed by atoms with E-state index < -0.39 is 0 Å². The van der Waals surface area contributed by atoms with E-state index in [-0.39, 0.29) is 12.1 Å². The first-order valence-electron chi connectivity index (χ1n) is 16.0. The molecular formula is C35H53NO2. The highest BCUT2D eigenvalue weighted by Crippen LogP contribution is 2.67. The Kier molecular flexibility index (Phi) is 8.42. The maximum atomic E-state index is 12.6. The Bertz CT molecular complexity index is 985. The highest BCUT2D eigenvalue weighted by atomic mass is 16.5. The number of allylic oxidation sites excluding steroid dienone is 1. The molecule has 1 unspecified atom stereocenters. The summed E-state index contributed by atoms with van der Waals surface area (Å²) in [6, 6.07) is 3.97. The molecule has 1 heterocycles. The fraction of sp³-hybridized carbons (Fsp3) is 0.771. The molecular weight excluding hydrogens is 466 g/mol. The van der Waals surface area contributed by atoms with Gasteiger partial charge in [-0.15, -0.1) is 0 Å². The molecule has 4 aliphatic carbocycles. The van der Waals surface area contributed by atoms with Crippen LogP contribution in [0.15, 0.2) is 36.2 Å². The molecule has 5 rings (SSSR count). The third-order valence-corrected chi connectivity index (χ3v) is 11.9. The number of hydrogen-bond donors (Lipinski definition) is 0. The van der Waals surface area contributed by atoms with Crippen LogP contribution in [0.4, 0.5) is 0 Å². The molecule has 0 amide bonds. The molecule has 3 saturated carbocycles. The summed E-state index contributed by atoms with van der Waals surface area (Å²) in [5.74, 6) is 5.15. The standard InChI is InChI=1S/C35H53NO2/c1-24(2)7-6-8-25(3)30-12-13-31-29-11-10-27-23-28(38-33(37)14-9-26-17-21-36-22-18-26)15-19-34(27,4)32(29)16-20-35(30,31)5/h10,17-18,21-22,24-25,28-32H,6-9,11-16,19-20,23H2,1-5H3/t25-,28+,29+,30-,31+,32?,34+,35-/m1/s1. The molecule has 3 fully saturated rings. The number of aromatic nitrogens is 1. The van der Waals surface area contributed by atoms with E-state index in [1.54, 1.807) is 18.0 Å². The molecule has 1 aromatic rings. The molecule has 0 saturated heterocycles. The Hall–Kier alpha value is -1.64. The van der Waals surface area contributed by atoms with Crippen LogP contribution in [-0.4, -0.2) is 17.1 Å². The summed E-state index contributed by atoms with van der Waals surface area (Å²) in [6.07, 6.45) is 21.8. The third-order valence-electron chi connectivity index (χ3n) is 11.9. The Morgan fingerprint density at radius 3 is 2.58 bits per heavy atom. The molecule has 8 atom stereocenters. The van der Waals surface area contributed by atoms with Crippen molar-refractivity contribution in [3.8, 4) is 0 Å². The maximum absolute atomic E-state index is 12.6. The number of aryl methyl sites for hydroxylation is 1. The van der Waals surface area contributed by atoms with Crippen molar-refractivity contribution in [3.63, 3.8) is 0 Å². The number of rotatable bonds is 9. The van der Waals surface area contributed by atoms with Crippen molar-refractivity contribution in [2.45, 2.75) is 124 Å². The van der Waals surface area contributed by atoms with Crippen molar-refractivity contribution in [3.05, 3.63) is 41.7 Å². The highest BCUT2D eigenvalue weighted by molar-refractivity contribution is 5.70. The summed E-state index contributed by atoms with van der Waals surface area (Å²) in [7, 11) is 0. The second kappa shape index (κ2) is 11.5. The van der Waals surface area contributed by atoms with E-state index in [1.807, 2.05) is 12.1 Å². The van der Waals surface area contributed by atoms with E-state index in [1.165, 1.54) is 57.8 Å². The van der Waals surface area contributed by atoms with Gasteiger partial charge in [0, 0.05) is 25.2 Å². The van der Waals surface area contributed by atoms with Crippen LogP contribution in [0.25, 0.3) is 0 Å². The Balaban J connectivity index is 1.19. The van der Waals surface area contributed by atoms with Gasteiger partial charge in [0.05, 0.1) is 0 Å². The number of ether oxygens (including phenoxy) is 1. The number of pyridine rings is 1. The van der Waals surface area contributed by atoms with E-state index in [0.29, 0.717) is 17.3 Å². The number of carbonyl (C=O) groups excluding carboxylic acids is 1. The van der Waals surface area contributed by atoms with Gasteiger partial charge in [0.15, 0.2) is 0 Å². The first-order chi connectivity index (χ1) is 18.2. The van der Waals surface area contributed by atoms with Crippen molar-refractivity contribution in [2.75, 3.05) is 0 Å². The third kappa shape index (κ3) is 5.50.